The van der Waals surface area contributed by atoms with Crippen LogP contribution >= 0.6 is 0 Å². The van der Waals surface area contributed by atoms with Gasteiger partial charge in [0, 0.05) is 10.9 Å². The Balaban J connectivity index is 1.64. The van der Waals surface area contributed by atoms with Gasteiger partial charge in [-0.15, -0.1) is 0 Å². The highest BCUT2D eigenvalue weighted by Gasteiger charge is 2.29. The van der Waals surface area contributed by atoms with Gasteiger partial charge < -0.3 is 14.1 Å². The van der Waals surface area contributed by atoms with Crippen molar-refractivity contribution in [1.29, 1.82) is 0 Å². The van der Waals surface area contributed by atoms with Gasteiger partial charge in [-0.2, -0.15) is 0 Å². The van der Waals surface area contributed by atoms with E-state index in [2.05, 4.69) is 4.72 Å². The van der Waals surface area contributed by atoms with Crippen molar-refractivity contribution in [2.75, 3.05) is 0 Å². The third kappa shape index (κ3) is 4.54. The number of hydrogen-bond acceptors (Lipinski definition) is 5. The Morgan fingerprint density at radius 2 is 1.78 bits per heavy atom. The van der Waals surface area contributed by atoms with Crippen LogP contribution < -0.4 is 4.72 Å². The fourth-order valence-corrected chi connectivity index (χ4v) is 6.17. The summed E-state index contributed by atoms with van der Waals surface area (Å²) in [4.78, 5) is 24.9. The van der Waals surface area contributed by atoms with Gasteiger partial charge in [0.25, 0.3) is 15.9 Å². The van der Waals surface area contributed by atoms with Crippen LogP contribution in [0.4, 0.5) is 0 Å². The third-order valence-electron chi connectivity index (χ3n) is 6.76. The molecule has 0 aliphatic heterocycles. The van der Waals surface area contributed by atoms with Gasteiger partial charge in [-0.1, -0.05) is 43.5 Å². The molecule has 0 radical (unpaired) electrons. The maximum absolute atomic E-state index is 13.1. The van der Waals surface area contributed by atoms with Crippen LogP contribution in [0.25, 0.3) is 22.2 Å². The Kier molecular flexibility index (Phi) is 6.40. The molecule has 1 aliphatic rings. The number of nitrogens with zero attached hydrogens (tertiary/aromatic N) is 1. The second-order valence-corrected chi connectivity index (χ2v) is 10.8. The van der Waals surface area contributed by atoms with E-state index in [-0.39, 0.29) is 22.9 Å². The summed E-state index contributed by atoms with van der Waals surface area (Å²) in [5.41, 5.74) is 3.20. The second kappa shape index (κ2) is 9.66. The van der Waals surface area contributed by atoms with Crippen LogP contribution in [0, 0.1) is 0 Å². The SMILES string of the molecule is O=C(Cn1c(-c2ccoc2)c(C2CCCCC2)c2ccc(C(=O)O)cc21)NS(=O)(=O)c1ccccc1. The first-order chi connectivity index (χ1) is 17.3. The van der Waals surface area contributed by atoms with Crippen molar-refractivity contribution in [3.63, 3.8) is 0 Å². The highest BCUT2D eigenvalue weighted by atomic mass is 32.2. The van der Waals surface area contributed by atoms with Crippen LogP contribution in [0.5, 0.6) is 0 Å². The molecule has 0 spiro atoms. The lowest BCUT2D eigenvalue weighted by Crippen LogP contribution is -2.33. The number of aromatic nitrogens is 1. The van der Waals surface area contributed by atoms with Crippen molar-refractivity contribution >= 4 is 32.8 Å². The van der Waals surface area contributed by atoms with E-state index in [1.165, 1.54) is 18.6 Å². The van der Waals surface area contributed by atoms with Gasteiger partial charge in [-0.3, -0.25) is 4.79 Å². The summed E-state index contributed by atoms with van der Waals surface area (Å²) in [6.45, 7) is -0.307. The molecule has 4 aromatic rings. The molecule has 0 unspecified atom stereocenters. The molecule has 9 heteroatoms. The molecule has 1 aliphatic carbocycles. The van der Waals surface area contributed by atoms with Gasteiger partial charge in [-0.05, 0) is 54.7 Å². The lowest BCUT2D eigenvalue weighted by molar-refractivity contribution is -0.119. The summed E-state index contributed by atoms with van der Waals surface area (Å²) in [7, 11) is -4.06. The average Bonchev–Trinajstić information content (AvgIpc) is 3.51. The molecule has 1 fully saturated rings. The van der Waals surface area contributed by atoms with Crippen LogP contribution in [-0.2, 0) is 21.4 Å². The minimum Gasteiger partial charge on any atom is -0.478 e. The van der Waals surface area contributed by atoms with Gasteiger partial charge >= 0.3 is 5.97 Å². The van der Waals surface area contributed by atoms with E-state index in [9.17, 15) is 23.1 Å². The maximum Gasteiger partial charge on any atom is 0.335 e. The number of benzene rings is 2. The second-order valence-electron chi connectivity index (χ2n) is 9.07. The summed E-state index contributed by atoms with van der Waals surface area (Å²) in [5, 5.41) is 10.5. The molecular formula is C27H26N2O6S. The number of nitrogens with one attached hydrogen (secondary N) is 1. The predicted molar refractivity (Wildman–Crippen MR) is 134 cm³/mol. The smallest absolute Gasteiger partial charge is 0.335 e. The minimum absolute atomic E-state index is 0.0122. The van der Waals surface area contributed by atoms with Crippen molar-refractivity contribution in [2.24, 2.45) is 0 Å². The Morgan fingerprint density at radius 1 is 1.03 bits per heavy atom. The van der Waals surface area contributed by atoms with Crippen molar-refractivity contribution < 1.29 is 27.5 Å². The maximum atomic E-state index is 13.1. The largest absolute Gasteiger partial charge is 0.478 e. The molecule has 8 nitrogen and oxygen atoms in total. The number of hydrogen-bond donors (Lipinski definition) is 2. The first-order valence-electron chi connectivity index (χ1n) is 11.9. The number of rotatable bonds is 7. The summed E-state index contributed by atoms with van der Waals surface area (Å²) in [6, 6.07) is 14.4. The molecule has 2 heterocycles. The third-order valence-corrected chi connectivity index (χ3v) is 8.15. The zero-order chi connectivity index (χ0) is 25.3. The molecular weight excluding hydrogens is 480 g/mol. The highest BCUT2D eigenvalue weighted by Crippen LogP contribution is 2.44. The molecule has 1 amide bonds. The number of aromatic carboxylic acids is 1. The Bertz CT molecular complexity index is 1520. The number of furan rings is 1. The standard InChI is InChI=1S/C27H26N2O6S/c30-24(28-36(33,34)21-9-5-2-6-10-21)16-29-23-15-19(27(31)32)11-12-22(23)25(18-7-3-1-4-8-18)26(29)20-13-14-35-17-20/h2,5-6,9-15,17-18H,1,3-4,7-8,16H2,(H,28,30)(H,31,32). The van der Waals surface area contributed by atoms with E-state index in [1.807, 2.05) is 0 Å². The van der Waals surface area contributed by atoms with Crippen molar-refractivity contribution in [2.45, 2.75) is 49.5 Å². The normalized spacial score (nSPS) is 14.7. The van der Waals surface area contributed by atoms with Gasteiger partial charge in [0.15, 0.2) is 0 Å². The van der Waals surface area contributed by atoms with E-state index < -0.39 is 21.9 Å². The number of carbonyl (C=O) groups excluding carboxylic acids is 1. The molecule has 186 valence electrons. The number of carbonyl (C=O) groups is 2. The van der Waals surface area contributed by atoms with Crippen LogP contribution in [-0.4, -0.2) is 30.0 Å². The first kappa shape index (κ1) is 23.9. The molecule has 1 saturated carbocycles. The molecule has 0 atom stereocenters. The van der Waals surface area contributed by atoms with E-state index >= 15 is 0 Å². The summed E-state index contributed by atoms with van der Waals surface area (Å²) in [5.74, 6) is -1.57. The predicted octanol–water partition coefficient (Wildman–Crippen LogP) is 5.15. The number of carboxylic acids is 1. The van der Waals surface area contributed by atoms with E-state index in [0.717, 1.165) is 47.9 Å². The van der Waals surface area contributed by atoms with Gasteiger partial charge in [-0.25, -0.2) is 17.9 Å². The summed E-state index contributed by atoms with van der Waals surface area (Å²) in [6.07, 6.45) is 8.45. The molecule has 2 aromatic carbocycles. The fraction of sp³-hybridized carbons (Fsp3) is 0.259. The van der Waals surface area contributed by atoms with E-state index in [4.69, 9.17) is 4.42 Å². The Labute approximate surface area is 208 Å². The minimum atomic E-state index is -4.06. The van der Waals surface area contributed by atoms with Crippen molar-refractivity contribution in [1.82, 2.24) is 9.29 Å². The number of fused-ring (bicyclic) bond motifs is 1. The Morgan fingerprint density at radius 3 is 2.44 bits per heavy atom. The molecule has 2 N–H and O–H groups in total. The molecule has 0 saturated heterocycles. The van der Waals surface area contributed by atoms with Gasteiger partial charge in [0.05, 0.1) is 34.2 Å². The van der Waals surface area contributed by atoms with Crippen LogP contribution in [0.3, 0.4) is 0 Å². The zero-order valence-corrected chi connectivity index (χ0v) is 20.3. The monoisotopic (exact) mass is 506 g/mol. The van der Waals surface area contributed by atoms with Gasteiger partial charge in [0.2, 0.25) is 0 Å². The van der Waals surface area contributed by atoms with Crippen molar-refractivity contribution in [3.05, 3.63) is 78.3 Å². The molecule has 0 bridgehead atoms. The molecule has 36 heavy (non-hydrogen) atoms. The Hall–Kier alpha value is -3.85. The van der Waals surface area contributed by atoms with E-state index in [0.29, 0.717) is 5.52 Å². The van der Waals surface area contributed by atoms with Crippen LogP contribution in [0.15, 0.2) is 76.4 Å². The zero-order valence-electron chi connectivity index (χ0n) is 19.5. The van der Waals surface area contributed by atoms with E-state index in [1.54, 1.807) is 59.6 Å². The number of sulfonamides is 1. The van der Waals surface area contributed by atoms with Crippen molar-refractivity contribution in [3.8, 4) is 11.3 Å². The topological polar surface area (TPSA) is 119 Å². The first-order valence-corrected chi connectivity index (χ1v) is 13.4. The lowest BCUT2D eigenvalue weighted by atomic mass is 9.82. The quantitative estimate of drug-likeness (QED) is 0.358. The summed E-state index contributed by atoms with van der Waals surface area (Å²) >= 11 is 0. The van der Waals surface area contributed by atoms with Crippen LogP contribution in [0.1, 0.15) is 53.9 Å². The fourth-order valence-electron chi connectivity index (χ4n) is 5.17. The number of amides is 1. The van der Waals surface area contributed by atoms with Crippen LogP contribution in [0.2, 0.25) is 0 Å². The average molecular weight is 507 g/mol. The highest BCUT2D eigenvalue weighted by molar-refractivity contribution is 7.90. The lowest BCUT2D eigenvalue weighted by Gasteiger charge is -2.23. The molecule has 2 aromatic heterocycles. The molecule has 5 rings (SSSR count). The van der Waals surface area contributed by atoms with Gasteiger partial charge in [0.1, 0.15) is 6.54 Å². The number of carboxylic acid groups (broad SMARTS) is 1. The summed E-state index contributed by atoms with van der Waals surface area (Å²) < 4.78 is 34.8.